The highest BCUT2D eigenvalue weighted by Gasteiger charge is 2.42. The molecule has 2 aliphatic rings. The number of hydrogen-bond acceptors (Lipinski definition) is 6. The summed E-state index contributed by atoms with van der Waals surface area (Å²) in [5, 5.41) is 6.31. The Morgan fingerprint density at radius 1 is 1.10 bits per heavy atom. The van der Waals surface area contributed by atoms with E-state index in [1.54, 1.807) is 19.2 Å². The Morgan fingerprint density at radius 2 is 1.71 bits per heavy atom. The third-order valence-electron chi connectivity index (χ3n) is 5.90. The zero-order valence-corrected chi connectivity index (χ0v) is 19.9. The average Bonchev–Trinajstić information content (AvgIpc) is 2.74. The van der Waals surface area contributed by atoms with Crippen molar-refractivity contribution in [3.8, 4) is 11.5 Å². The van der Waals surface area contributed by atoms with Crippen molar-refractivity contribution in [1.82, 2.24) is 13.6 Å². The normalized spacial score (nSPS) is 20.7. The summed E-state index contributed by atoms with van der Waals surface area (Å²) in [7, 11) is 2.76. The number of methoxy groups -OCH3 is 2. The zero-order valence-electron chi connectivity index (χ0n) is 19.1. The van der Waals surface area contributed by atoms with Crippen LogP contribution in [0.25, 0.3) is 0 Å². The second kappa shape index (κ2) is 8.76. The molecule has 10 heteroatoms. The van der Waals surface area contributed by atoms with Crippen molar-refractivity contribution in [3.05, 3.63) is 23.8 Å². The van der Waals surface area contributed by atoms with Crippen LogP contribution in [0.4, 0.5) is 0 Å². The standard InChI is InChI=1S/C21H32N4O5S/c1-21(2)14-17(15-7-8-18(29-5)19(13-15)30-6)22-25(20(21)26)16-9-11-24(12-10-16)31(27,28)23(3)4/h7-8,13,16H,9-12,14H2,1-6H3. The van der Waals surface area contributed by atoms with Gasteiger partial charge in [0.15, 0.2) is 11.5 Å². The van der Waals surface area contributed by atoms with E-state index in [1.807, 2.05) is 32.0 Å². The molecule has 2 aliphatic heterocycles. The van der Waals surface area contributed by atoms with Gasteiger partial charge in [-0.3, -0.25) is 4.79 Å². The van der Waals surface area contributed by atoms with Crippen LogP contribution < -0.4 is 9.47 Å². The SMILES string of the molecule is COc1ccc(C2=NN(C3CCN(S(=O)(=O)N(C)C)CC3)C(=O)C(C)(C)C2)cc1OC. The molecule has 172 valence electrons. The number of hydrazone groups is 1. The van der Waals surface area contributed by atoms with Crippen molar-refractivity contribution in [1.29, 1.82) is 0 Å². The first-order valence-electron chi connectivity index (χ1n) is 10.3. The second-order valence-corrected chi connectivity index (χ2v) is 10.9. The van der Waals surface area contributed by atoms with Crippen LogP contribution >= 0.6 is 0 Å². The molecule has 1 aromatic carbocycles. The molecule has 0 spiro atoms. The van der Waals surface area contributed by atoms with E-state index in [4.69, 9.17) is 14.6 Å². The predicted molar refractivity (Wildman–Crippen MR) is 119 cm³/mol. The van der Waals surface area contributed by atoms with E-state index in [-0.39, 0.29) is 11.9 Å². The first-order valence-corrected chi connectivity index (χ1v) is 11.7. The van der Waals surface area contributed by atoms with Crippen LogP contribution in [0.2, 0.25) is 0 Å². The molecule has 3 rings (SSSR count). The van der Waals surface area contributed by atoms with Gasteiger partial charge in [0.2, 0.25) is 5.91 Å². The maximum atomic E-state index is 13.2. The lowest BCUT2D eigenvalue weighted by molar-refractivity contribution is -0.144. The topological polar surface area (TPSA) is 91.8 Å². The summed E-state index contributed by atoms with van der Waals surface area (Å²) in [6, 6.07) is 5.47. The highest BCUT2D eigenvalue weighted by molar-refractivity contribution is 7.86. The van der Waals surface area contributed by atoms with Crippen LogP contribution in [0, 0.1) is 5.41 Å². The Hall–Kier alpha value is -2.17. The van der Waals surface area contributed by atoms with Crippen LogP contribution in [-0.4, -0.2) is 81.1 Å². The van der Waals surface area contributed by atoms with E-state index in [0.717, 1.165) is 11.3 Å². The van der Waals surface area contributed by atoms with Gasteiger partial charge in [-0.2, -0.15) is 22.1 Å². The molecule has 0 radical (unpaired) electrons. The quantitative estimate of drug-likeness (QED) is 0.658. The maximum absolute atomic E-state index is 13.2. The average molecular weight is 453 g/mol. The first kappa shape index (κ1) is 23.5. The summed E-state index contributed by atoms with van der Waals surface area (Å²) in [6.45, 7) is 4.56. The monoisotopic (exact) mass is 452 g/mol. The first-order chi connectivity index (χ1) is 14.5. The molecular weight excluding hydrogens is 420 g/mol. The lowest BCUT2D eigenvalue weighted by Gasteiger charge is -2.41. The van der Waals surface area contributed by atoms with Gasteiger partial charge in [0.25, 0.3) is 10.2 Å². The third kappa shape index (κ3) is 4.56. The number of amides is 1. The van der Waals surface area contributed by atoms with Crippen molar-refractivity contribution in [2.45, 2.75) is 39.2 Å². The van der Waals surface area contributed by atoms with Crippen LogP contribution in [0.5, 0.6) is 11.5 Å². The molecule has 1 amide bonds. The van der Waals surface area contributed by atoms with Gasteiger partial charge >= 0.3 is 0 Å². The fourth-order valence-corrected chi connectivity index (χ4v) is 5.12. The van der Waals surface area contributed by atoms with Crippen molar-refractivity contribution in [3.63, 3.8) is 0 Å². The van der Waals surface area contributed by atoms with Gasteiger partial charge in [0, 0.05) is 39.2 Å². The second-order valence-electron chi connectivity index (χ2n) is 8.75. The summed E-state index contributed by atoms with van der Waals surface area (Å²) < 4.78 is 38.2. The number of hydrogen-bond donors (Lipinski definition) is 0. The molecule has 1 fully saturated rings. The number of ether oxygens (including phenoxy) is 2. The summed E-state index contributed by atoms with van der Waals surface area (Å²) in [6.07, 6.45) is 1.58. The summed E-state index contributed by atoms with van der Waals surface area (Å²) in [4.78, 5) is 13.2. The number of piperidine rings is 1. The number of carbonyl (C=O) groups excluding carboxylic acids is 1. The summed E-state index contributed by atoms with van der Waals surface area (Å²) in [5.74, 6) is 1.20. The fourth-order valence-electron chi connectivity index (χ4n) is 3.99. The number of carbonyl (C=O) groups is 1. The molecular formula is C21H32N4O5S. The van der Waals surface area contributed by atoms with Gasteiger partial charge in [-0.1, -0.05) is 13.8 Å². The van der Waals surface area contributed by atoms with E-state index >= 15 is 0 Å². The van der Waals surface area contributed by atoms with Gasteiger partial charge in [0.05, 0.1) is 31.4 Å². The third-order valence-corrected chi connectivity index (χ3v) is 7.84. The van der Waals surface area contributed by atoms with Gasteiger partial charge in [-0.15, -0.1) is 0 Å². The van der Waals surface area contributed by atoms with E-state index in [9.17, 15) is 13.2 Å². The van der Waals surface area contributed by atoms with E-state index in [0.29, 0.717) is 43.9 Å². The van der Waals surface area contributed by atoms with E-state index in [2.05, 4.69) is 0 Å². The molecule has 2 heterocycles. The minimum atomic E-state index is -3.46. The molecule has 31 heavy (non-hydrogen) atoms. The molecule has 0 aromatic heterocycles. The van der Waals surface area contributed by atoms with Crippen LogP contribution in [0.15, 0.2) is 23.3 Å². The van der Waals surface area contributed by atoms with Crippen LogP contribution in [0.3, 0.4) is 0 Å². The summed E-state index contributed by atoms with van der Waals surface area (Å²) >= 11 is 0. The predicted octanol–water partition coefficient (Wildman–Crippen LogP) is 1.94. The minimum absolute atomic E-state index is 0.0364. The Balaban J connectivity index is 1.87. The van der Waals surface area contributed by atoms with Crippen molar-refractivity contribution in [2.24, 2.45) is 10.5 Å². The van der Waals surface area contributed by atoms with Gasteiger partial charge in [-0.25, -0.2) is 5.01 Å². The van der Waals surface area contributed by atoms with Crippen LogP contribution in [0.1, 0.15) is 38.7 Å². The summed E-state index contributed by atoms with van der Waals surface area (Å²) in [5.41, 5.74) is 1.06. The van der Waals surface area contributed by atoms with Crippen molar-refractivity contribution >= 4 is 21.8 Å². The Labute approximate surface area is 184 Å². The van der Waals surface area contributed by atoms with E-state index < -0.39 is 15.6 Å². The van der Waals surface area contributed by atoms with Crippen molar-refractivity contribution in [2.75, 3.05) is 41.4 Å². The number of nitrogens with zero attached hydrogens (tertiary/aromatic N) is 4. The highest BCUT2D eigenvalue weighted by atomic mass is 32.2. The fraction of sp³-hybridized carbons (Fsp3) is 0.619. The van der Waals surface area contributed by atoms with Gasteiger partial charge < -0.3 is 9.47 Å². The Morgan fingerprint density at radius 3 is 2.26 bits per heavy atom. The van der Waals surface area contributed by atoms with E-state index in [1.165, 1.54) is 22.7 Å². The van der Waals surface area contributed by atoms with Gasteiger partial charge in [0.1, 0.15) is 0 Å². The molecule has 0 atom stereocenters. The molecule has 0 unspecified atom stereocenters. The zero-order chi connectivity index (χ0) is 23.0. The Bertz CT molecular complexity index is 966. The lowest BCUT2D eigenvalue weighted by Crippen LogP contribution is -2.53. The number of benzene rings is 1. The molecule has 1 saturated heterocycles. The molecule has 0 saturated carbocycles. The van der Waals surface area contributed by atoms with Crippen molar-refractivity contribution < 1.29 is 22.7 Å². The molecule has 0 bridgehead atoms. The molecule has 0 N–H and O–H groups in total. The molecule has 9 nitrogen and oxygen atoms in total. The minimum Gasteiger partial charge on any atom is -0.493 e. The highest BCUT2D eigenvalue weighted by Crippen LogP contribution is 2.36. The van der Waals surface area contributed by atoms with Gasteiger partial charge in [-0.05, 0) is 31.0 Å². The maximum Gasteiger partial charge on any atom is 0.281 e. The molecule has 1 aromatic rings. The smallest absolute Gasteiger partial charge is 0.281 e. The van der Waals surface area contributed by atoms with Crippen LogP contribution in [-0.2, 0) is 15.0 Å². The lowest BCUT2D eigenvalue weighted by atomic mass is 9.82. The Kier molecular flexibility index (Phi) is 6.64. The molecule has 0 aliphatic carbocycles. The number of rotatable bonds is 6. The largest absolute Gasteiger partial charge is 0.493 e.